The lowest BCUT2D eigenvalue weighted by atomic mass is 9.84. The SMILES string of the molecule is Cc1ccccc1[C@@H]1C2=C(CCCC2=O)Nc2c(-c3ccc(Cl)cc3)c(C)nn21. The van der Waals surface area contributed by atoms with Crippen LogP contribution in [0.3, 0.4) is 0 Å². The molecule has 0 amide bonds. The Kier molecular flexibility index (Phi) is 4.32. The Balaban J connectivity index is 1.76. The molecule has 0 spiro atoms. The maximum absolute atomic E-state index is 13.0. The maximum Gasteiger partial charge on any atom is 0.163 e. The molecule has 2 aliphatic rings. The Morgan fingerprint density at radius 3 is 2.59 bits per heavy atom. The standard InChI is InChI=1S/C24H22ClN3O/c1-14-6-3-4-7-18(14)23-22-19(8-5-9-20(22)29)26-24-21(15(2)27-28(23)24)16-10-12-17(25)13-11-16/h3-4,6-7,10-13,23,26H,5,8-9H2,1-2H3/t23-/m1/s1. The van der Waals surface area contributed by atoms with Gasteiger partial charge < -0.3 is 5.32 Å². The highest BCUT2D eigenvalue weighted by Gasteiger charge is 2.38. The molecule has 0 unspecified atom stereocenters. The molecule has 1 aromatic heterocycles. The van der Waals surface area contributed by atoms with Gasteiger partial charge in [0.2, 0.25) is 0 Å². The van der Waals surface area contributed by atoms with Gasteiger partial charge in [0.25, 0.3) is 0 Å². The van der Waals surface area contributed by atoms with E-state index in [4.69, 9.17) is 16.7 Å². The van der Waals surface area contributed by atoms with E-state index in [9.17, 15) is 4.79 Å². The number of hydrogen-bond donors (Lipinski definition) is 1. The molecule has 2 aromatic carbocycles. The average molecular weight is 404 g/mol. The number of benzene rings is 2. The van der Waals surface area contributed by atoms with Gasteiger partial charge >= 0.3 is 0 Å². The van der Waals surface area contributed by atoms with Gasteiger partial charge in [0.1, 0.15) is 11.9 Å². The number of fused-ring (bicyclic) bond motifs is 1. The molecule has 0 radical (unpaired) electrons. The predicted molar refractivity (Wildman–Crippen MR) is 116 cm³/mol. The van der Waals surface area contributed by atoms with Crippen LogP contribution in [0, 0.1) is 13.8 Å². The van der Waals surface area contributed by atoms with Crippen molar-refractivity contribution in [2.45, 2.75) is 39.2 Å². The first kappa shape index (κ1) is 18.2. The summed E-state index contributed by atoms with van der Waals surface area (Å²) in [6, 6.07) is 15.9. The number of hydrogen-bond acceptors (Lipinski definition) is 3. The van der Waals surface area contributed by atoms with Crippen molar-refractivity contribution in [3.63, 3.8) is 0 Å². The lowest BCUT2D eigenvalue weighted by Gasteiger charge is -2.34. The van der Waals surface area contributed by atoms with Crippen LogP contribution in [-0.2, 0) is 4.79 Å². The van der Waals surface area contributed by atoms with E-state index in [1.54, 1.807) is 0 Å². The molecule has 1 aliphatic heterocycles. The monoisotopic (exact) mass is 403 g/mol. The second-order valence-electron chi connectivity index (χ2n) is 7.81. The fourth-order valence-corrected chi connectivity index (χ4v) is 4.70. The summed E-state index contributed by atoms with van der Waals surface area (Å²) in [6.45, 7) is 4.12. The number of carbonyl (C=O) groups excluding carboxylic acids is 1. The molecule has 4 nitrogen and oxygen atoms in total. The Hall–Kier alpha value is -2.85. The highest BCUT2D eigenvalue weighted by molar-refractivity contribution is 6.30. The van der Waals surface area contributed by atoms with Gasteiger partial charge in [-0.25, -0.2) is 4.68 Å². The maximum atomic E-state index is 13.0. The first-order valence-corrected chi connectivity index (χ1v) is 10.4. The quantitative estimate of drug-likeness (QED) is 0.584. The molecule has 0 saturated carbocycles. The van der Waals surface area contributed by atoms with E-state index in [2.05, 4.69) is 24.4 Å². The molecular weight excluding hydrogens is 382 g/mol. The third kappa shape index (κ3) is 2.90. The number of allylic oxidation sites excluding steroid dienone is 2. The Labute approximate surface area is 175 Å². The number of aryl methyl sites for hydroxylation is 2. The van der Waals surface area contributed by atoms with E-state index < -0.39 is 0 Å². The number of carbonyl (C=O) groups is 1. The topological polar surface area (TPSA) is 46.9 Å². The molecule has 5 heteroatoms. The van der Waals surface area contributed by atoms with Crippen molar-refractivity contribution in [1.29, 1.82) is 0 Å². The molecule has 29 heavy (non-hydrogen) atoms. The number of rotatable bonds is 2. The number of nitrogens with zero attached hydrogens (tertiary/aromatic N) is 2. The van der Waals surface area contributed by atoms with Gasteiger partial charge in [0, 0.05) is 28.3 Å². The number of ketones is 1. The first-order chi connectivity index (χ1) is 14.0. The minimum atomic E-state index is -0.199. The molecule has 0 bridgehead atoms. The molecular formula is C24H22ClN3O. The minimum Gasteiger partial charge on any atom is -0.343 e. The van der Waals surface area contributed by atoms with E-state index in [1.165, 1.54) is 0 Å². The highest BCUT2D eigenvalue weighted by Crippen LogP contribution is 2.45. The predicted octanol–water partition coefficient (Wildman–Crippen LogP) is 5.84. The van der Waals surface area contributed by atoms with Crippen molar-refractivity contribution >= 4 is 23.2 Å². The zero-order valence-corrected chi connectivity index (χ0v) is 17.3. The largest absolute Gasteiger partial charge is 0.343 e. The van der Waals surface area contributed by atoms with Gasteiger partial charge in [-0.05, 0) is 55.5 Å². The van der Waals surface area contributed by atoms with Gasteiger partial charge in [-0.1, -0.05) is 48.0 Å². The number of Topliss-reactive ketones (excluding diaryl/α,β-unsaturated/α-hetero) is 1. The zero-order valence-electron chi connectivity index (χ0n) is 16.5. The van der Waals surface area contributed by atoms with Crippen molar-refractivity contribution < 1.29 is 4.79 Å². The summed E-state index contributed by atoms with van der Waals surface area (Å²) in [6.07, 6.45) is 2.37. The van der Waals surface area contributed by atoms with Gasteiger partial charge in [0.05, 0.1) is 5.69 Å². The van der Waals surface area contributed by atoms with E-state index in [-0.39, 0.29) is 11.8 Å². The molecule has 5 rings (SSSR count). The lowest BCUT2D eigenvalue weighted by Crippen LogP contribution is -2.31. The van der Waals surface area contributed by atoms with E-state index >= 15 is 0 Å². The van der Waals surface area contributed by atoms with Crippen molar-refractivity contribution in [3.8, 4) is 11.1 Å². The van der Waals surface area contributed by atoms with Gasteiger partial charge in [-0.3, -0.25) is 4.79 Å². The smallest absolute Gasteiger partial charge is 0.163 e. The van der Waals surface area contributed by atoms with E-state index in [0.717, 1.165) is 57.9 Å². The van der Waals surface area contributed by atoms with E-state index in [0.29, 0.717) is 11.4 Å². The van der Waals surface area contributed by atoms with Crippen molar-refractivity contribution in [2.24, 2.45) is 0 Å². The van der Waals surface area contributed by atoms with E-state index in [1.807, 2.05) is 48.0 Å². The summed E-state index contributed by atoms with van der Waals surface area (Å²) in [7, 11) is 0. The van der Waals surface area contributed by atoms with Crippen molar-refractivity contribution in [2.75, 3.05) is 5.32 Å². The second-order valence-corrected chi connectivity index (χ2v) is 8.25. The molecule has 1 aliphatic carbocycles. The van der Waals surface area contributed by atoms with Gasteiger partial charge in [-0.15, -0.1) is 0 Å². The van der Waals surface area contributed by atoms with Crippen LogP contribution in [0.25, 0.3) is 11.1 Å². The van der Waals surface area contributed by atoms with Crippen LogP contribution < -0.4 is 5.32 Å². The Morgan fingerprint density at radius 2 is 1.83 bits per heavy atom. The molecule has 0 saturated heterocycles. The first-order valence-electron chi connectivity index (χ1n) is 9.98. The number of halogens is 1. The number of nitrogens with one attached hydrogen (secondary N) is 1. The Morgan fingerprint density at radius 1 is 1.07 bits per heavy atom. The third-order valence-electron chi connectivity index (χ3n) is 5.94. The van der Waals surface area contributed by atoms with Gasteiger partial charge in [0.15, 0.2) is 5.78 Å². The summed E-state index contributed by atoms with van der Waals surface area (Å²) in [5.41, 5.74) is 7.25. The molecule has 146 valence electrons. The fraction of sp³-hybridized carbons (Fsp3) is 0.250. The highest BCUT2D eigenvalue weighted by atomic mass is 35.5. The fourth-order valence-electron chi connectivity index (χ4n) is 4.57. The average Bonchev–Trinajstić information content (AvgIpc) is 3.03. The second kappa shape index (κ2) is 6.89. The van der Waals surface area contributed by atoms with Crippen LogP contribution >= 0.6 is 11.6 Å². The van der Waals surface area contributed by atoms with Crippen LogP contribution in [-0.4, -0.2) is 15.6 Å². The lowest BCUT2D eigenvalue weighted by molar-refractivity contribution is -0.116. The summed E-state index contributed by atoms with van der Waals surface area (Å²) < 4.78 is 2.00. The van der Waals surface area contributed by atoms with Crippen LogP contribution in [0.5, 0.6) is 0 Å². The Bertz CT molecular complexity index is 1160. The minimum absolute atomic E-state index is 0.199. The summed E-state index contributed by atoms with van der Waals surface area (Å²) in [5, 5.41) is 9.20. The molecule has 1 N–H and O–H groups in total. The zero-order chi connectivity index (χ0) is 20.1. The van der Waals surface area contributed by atoms with Crippen LogP contribution in [0.1, 0.15) is 42.1 Å². The summed E-state index contributed by atoms with van der Waals surface area (Å²) in [5.74, 6) is 1.17. The summed E-state index contributed by atoms with van der Waals surface area (Å²) in [4.78, 5) is 13.0. The number of aromatic nitrogens is 2. The molecule has 2 heterocycles. The normalized spacial score (nSPS) is 18.3. The van der Waals surface area contributed by atoms with Gasteiger partial charge in [-0.2, -0.15) is 5.10 Å². The van der Waals surface area contributed by atoms with Crippen LogP contribution in [0.2, 0.25) is 5.02 Å². The van der Waals surface area contributed by atoms with Crippen LogP contribution in [0.15, 0.2) is 59.8 Å². The molecule has 0 fully saturated rings. The summed E-state index contributed by atoms with van der Waals surface area (Å²) >= 11 is 6.10. The van der Waals surface area contributed by atoms with Crippen LogP contribution in [0.4, 0.5) is 5.82 Å². The van der Waals surface area contributed by atoms with Crippen molar-refractivity contribution in [3.05, 3.63) is 81.6 Å². The molecule has 3 aromatic rings. The molecule has 1 atom stereocenters. The third-order valence-corrected chi connectivity index (χ3v) is 6.20. The van der Waals surface area contributed by atoms with Crippen molar-refractivity contribution in [1.82, 2.24) is 9.78 Å². The number of anilines is 1.